The number of esters is 1. The van der Waals surface area contributed by atoms with Gasteiger partial charge in [0.2, 0.25) is 5.91 Å². The summed E-state index contributed by atoms with van der Waals surface area (Å²) < 4.78 is 4.50. The van der Waals surface area contributed by atoms with Crippen molar-refractivity contribution in [3.05, 3.63) is 11.6 Å². The van der Waals surface area contributed by atoms with E-state index < -0.39 is 0 Å². The Morgan fingerprint density at radius 1 is 1.47 bits per heavy atom. The Bertz CT molecular complexity index is 259. The van der Waals surface area contributed by atoms with Gasteiger partial charge >= 0.3 is 5.97 Å². The molecule has 0 saturated heterocycles. The van der Waals surface area contributed by atoms with Crippen molar-refractivity contribution in [1.82, 2.24) is 5.32 Å². The maximum absolute atomic E-state index is 11.4. The van der Waals surface area contributed by atoms with E-state index in [4.69, 9.17) is 0 Å². The molecule has 0 aliphatic heterocycles. The standard InChI is InChI=1S/C11H19NO3/c1-5-8(2)6-10(13)12-9(3)7-11(14)15-4/h6,9H,5,7H2,1-4H3,(H,12,13)/b8-6+. The molecule has 1 atom stereocenters. The second-order valence-electron chi connectivity index (χ2n) is 3.53. The van der Waals surface area contributed by atoms with Crippen LogP contribution in [0.15, 0.2) is 11.6 Å². The summed E-state index contributed by atoms with van der Waals surface area (Å²) in [5.74, 6) is -0.482. The predicted molar refractivity (Wildman–Crippen MR) is 58.3 cm³/mol. The van der Waals surface area contributed by atoms with E-state index in [2.05, 4.69) is 10.1 Å². The molecule has 15 heavy (non-hydrogen) atoms. The van der Waals surface area contributed by atoms with Crippen molar-refractivity contribution in [3.8, 4) is 0 Å². The van der Waals surface area contributed by atoms with E-state index in [-0.39, 0.29) is 24.3 Å². The first-order valence-corrected chi connectivity index (χ1v) is 5.04. The zero-order chi connectivity index (χ0) is 11.8. The van der Waals surface area contributed by atoms with Gasteiger partial charge in [-0.05, 0) is 20.3 Å². The zero-order valence-electron chi connectivity index (χ0n) is 9.79. The van der Waals surface area contributed by atoms with Crippen LogP contribution in [0.5, 0.6) is 0 Å². The average Bonchev–Trinajstić information content (AvgIpc) is 2.16. The van der Waals surface area contributed by atoms with E-state index in [1.54, 1.807) is 13.0 Å². The number of amides is 1. The van der Waals surface area contributed by atoms with E-state index in [1.165, 1.54) is 7.11 Å². The highest BCUT2D eigenvalue weighted by atomic mass is 16.5. The van der Waals surface area contributed by atoms with Crippen molar-refractivity contribution in [3.63, 3.8) is 0 Å². The maximum Gasteiger partial charge on any atom is 0.307 e. The van der Waals surface area contributed by atoms with Gasteiger partial charge in [-0.15, -0.1) is 0 Å². The summed E-state index contributed by atoms with van der Waals surface area (Å²) in [5.41, 5.74) is 1.01. The minimum atomic E-state index is -0.320. The van der Waals surface area contributed by atoms with Crippen LogP contribution in [-0.4, -0.2) is 25.0 Å². The molecule has 0 rings (SSSR count). The van der Waals surface area contributed by atoms with Gasteiger partial charge < -0.3 is 10.1 Å². The zero-order valence-corrected chi connectivity index (χ0v) is 9.79. The van der Waals surface area contributed by atoms with Crippen molar-refractivity contribution >= 4 is 11.9 Å². The molecule has 0 saturated carbocycles. The Kier molecular flexibility index (Phi) is 6.42. The molecule has 0 heterocycles. The van der Waals surface area contributed by atoms with Crippen LogP contribution in [0.25, 0.3) is 0 Å². The number of hydrogen-bond acceptors (Lipinski definition) is 3. The molecule has 4 heteroatoms. The van der Waals surface area contributed by atoms with Gasteiger partial charge in [-0.2, -0.15) is 0 Å². The van der Waals surface area contributed by atoms with Gasteiger partial charge in [-0.25, -0.2) is 0 Å². The van der Waals surface area contributed by atoms with Crippen molar-refractivity contribution in [2.45, 2.75) is 39.7 Å². The quantitative estimate of drug-likeness (QED) is 0.555. The molecule has 0 aliphatic carbocycles. The highest BCUT2D eigenvalue weighted by Crippen LogP contribution is 1.98. The fourth-order valence-electron chi connectivity index (χ4n) is 0.995. The van der Waals surface area contributed by atoms with E-state index in [0.29, 0.717) is 0 Å². The van der Waals surface area contributed by atoms with Gasteiger partial charge in [0.15, 0.2) is 0 Å². The number of methoxy groups -OCH3 is 1. The molecule has 1 N–H and O–H groups in total. The van der Waals surface area contributed by atoms with Crippen LogP contribution < -0.4 is 5.32 Å². The van der Waals surface area contributed by atoms with Crippen LogP contribution in [0, 0.1) is 0 Å². The predicted octanol–water partition coefficient (Wildman–Crippen LogP) is 1.41. The van der Waals surface area contributed by atoms with Crippen LogP contribution in [0.2, 0.25) is 0 Å². The fraction of sp³-hybridized carbons (Fsp3) is 0.636. The molecular formula is C11H19NO3. The summed E-state index contributed by atoms with van der Waals surface area (Å²) in [6.45, 7) is 5.64. The molecule has 0 fully saturated rings. The molecule has 0 aromatic carbocycles. The Labute approximate surface area is 90.7 Å². The smallest absolute Gasteiger partial charge is 0.307 e. The Morgan fingerprint density at radius 3 is 2.53 bits per heavy atom. The van der Waals surface area contributed by atoms with Crippen LogP contribution in [0.3, 0.4) is 0 Å². The summed E-state index contributed by atoms with van der Waals surface area (Å²) in [7, 11) is 1.33. The fourth-order valence-corrected chi connectivity index (χ4v) is 0.995. The largest absolute Gasteiger partial charge is 0.469 e. The van der Waals surface area contributed by atoms with Crippen LogP contribution in [0.4, 0.5) is 0 Å². The Hall–Kier alpha value is -1.32. The van der Waals surface area contributed by atoms with Gasteiger partial charge in [0.1, 0.15) is 0 Å². The van der Waals surface area contributed by atoms with E-state index in [9.17, 15) is 9.59 Å². The lowest BCUT2D eigenvalue weighted by molar-refractivity contribution is -0.141. The number of carbonyl (C=O) groups excluding carboxylic acids is 2. The average molecular weight is 213 g/mol. The first-order valence-electron chi connectivity index (χ1n) is 5.04. The second kappa shape index (κ2) is 7.04. The van der Waals surface area contributed by atoms with Gasteiger partial charge in [-0.1, -0.05) is 12.5 Å². The van der Waals surface area contributed by atoms with E-state index >= 15 is 0 Å². The van der Waals surface area contributed by atoms with Crippen LogP contribution in [-0.2, 0) is 14.3 Å². The SMILES string of the molecule is CC/C(C)=C/C(=O)NC(C)CC(=O)OC. The molecule has 0 aromatic heterocycles. The first kappa shape index (κ1) is 13.7. The minimum Gasteiger partial charge on any atom is -0.469 e. The molecule has 0 bridgehead atoms. The van der Waals surface area contributed by atoms with Crippen molar-refractivity contribution in [2.75, 3.05) is 7.11 Å². The molecule has 4 nitrogen and oxygen atoms in total. The van der Waals surface area contributed by atoms with Crippen molar-refractivity contribution in [2.24, 2.45) is 0 Å². The molecule has 1 unspecified atom stereocenters. The second-order valence-corrected chi connectivity index (χ2v) is 3.53. The van der Waals surface area contributed by atoms with Crippen molar-refractivity contribution in [1.29, 1.82) is 0 Å². The van der Waals surface area contributed by atoms with E-state index in [1.807, 2.05) is 13.8 Å². The molecular weight excluding hydrogens is 194 g/mol. The molecule has 0 spiro atoms. The van der Waals surface area contributed by atoms with Gasteiger partial charge in [-0.3, -0.25) is 9.59 Å². The number of nitrogens with one attached hydrogen (secondary N) is 1. The third-order valence-corrected chi connectivity index (χ3v) is 2.02. The van der Waals surface area contributed by atoms with Crippen LogP contribution >= 0.6 is 0 Å². The minimum absolute atomic E-state index is 0.161. The Balaban J connectivity index is 4.02. The topological polar surface area (TPSA) is 55.4 Å². The Morgan fingerprint density at radius 2 is 2.07 bits per heavy atom. The monoisotopic (exact) mass is 213 g/mol. The van der Waals surface area contributed by atoms with Gasteiger partial charge in [0, 0.05) is 12.1 Å². The lowest BCUT2D eigenvalue weighted by Crippen LogP contribution is -2.33. The number of allylic oxidation sites excluding steroid dienone is 1. The highest BCUT2D eigenvalue weighted by molar-refractivity contribution is 5.88. The maximum atomic E-state index is 11.4. The third kappa shape index (κ3) is 6.71. The molecule has 86 valence electrons. The van der Waals surface area contributed by atoms with Crippen molar-refractivity contribution < 1.29 is 14.3 Å². The molecule has 1 amide bonds. The van der Waals surface area contributed by atoms with Gasteiger partial charge in [0.05, 0.1) is 13.5 Å². The number of ether oxygens (including phenoxy) is 1. The van der Waals surface area contributed by atoms with Gasteiger partial charge in [0.25, 0.3) is 0 Å². The number of rotatable bonds is 5. The lowest BCUT2D eigenvalue weighted by atomic mass is 10.2. The summed E-state index contributed by atoms with van der Waals surface area (Å²) in [5, 5.41) is 2.69. The molecule has 0 aliphatic rings. The number of carbonyl (C=O) groups is 2. The third-order valence-electron chi connectivity index (χ3n) is 2.02. The summed E-state index contributed by atoms with van der Waals surface area (Å²) >= 11 is 0. The highest BCUT2D eigenvalue weighted by Gasteiger charge is 2.10. The summed E-state index contributed by atoms with van der Waals surface area (Å²) in [6.07, 6.45) is 2.59. The summed E-state index contributed by atoms with van der Waals surface area (Å²) in [4.78, 5) is 22.2. The van der Waals surface area contributed by atoms with E-state index in [0.717, 1.165) is 12.0 Å². The molecule has 0 aromatic rings. The first-order chi connectivity index (χ1) is 6.99. The normalized spacial score (nSPS) is 13.2. The number of hydrogen-bond donors (Lipinski definition) is 1. The lowest BCUT2D eigenvalue weighted by Gasteiger charge is -2.10. The summed E-state index contributed by atoms with van der Waals surface area (Å²) in [6, 6.07) is -0.203. The van der Waals surface area contributed by atoms with Crippen LogP contribution in [0.1, 0.15) is 33.6 Å². The molecule has 0 radical (unpaired) electrons.